The number of nitrogens with one attached hydrogen (secondary N) is 1. The van der Waals surface area contributed by atoms with Gasteiger partial charge in [0.25, 0.3) is 5.91 Å². The molecule has 2 aromatic rings. The molecule has 1 amide bonds. The maximum atomic E-state index is 11.9. The van der Waals surface area contributed by atoms with Crippen molar-refractivity contribution in [3.05, 3.63) is 46.8 Å². The molecule has 0 spiro atoms. The van der Waals surface area contributed by atoms with Gasteiger partial charge in [-0.1, -0.05) is 0 Å². The predicted molar refractivity (Wildman–Crippen MR) is 75.3 cm³/mol. The lowest BCUT2D eigenvalue weighted by molar-refractivity contribution is 0.102. The number of ether oxygens (including phenoxy) is 1. The van der Waals surface area contributed by atoms with Crippen LogP contribution in [0, 0.1) is 0 Å². The molecule has 6 heteroatoms. The number of pyridine rings is 2. The molecule has 0 saturated carbocycles. The summed E-state index contributed by atoms with van der Waals surface area (Å²) in [5.41, 5.74) is 1.09. The van der Waals surface area contributed by atoms with Gasteiger partial charge in [-0.3, -0.25) is 4.79 Å². The summed E-state index contributed by atoms with van der Waals surface area (Å²) < 4.78 is 5.91. The molecule has 98 valence electrons. The van der Waals surface area contributed by atoms with Crippen molar-refractivity contribution < 1.29 is 9.53 Å². The summed E-state index contributed by atoms with van der Waals surface area (Å²) >= 11 is 3.22. The highest BCUT2D eigenvalue weighted by molar-refractivity contribution is 9.10. The van der Waals surface area contributed by atoms with E-state index in [9.17, 15) is 4.79 Å². The topological polar surface area (TPSA) is 64.1 Å². The van der Waals surface area contributed by atoms with Gasteiger partial charge in [-0.2, -0.15) is 0 Å². The Morgan fingerprint density at radius 2 is 2.11 bits per heavy atom. The molecule has 0 bridgehead atoms. The summed E-state index contributed by atoms with van der Waals surface area (Å²) in [5.74, 6) is 0.303. The molecule has 0 aliphatic carbocycles. The molecule has 0 aliphatic rings. The minimum atomic E-state index is -0.231. The van der Waals surface area contributed by atoms with E-state index in [1.165, 1.54) is 6.20 Å². The lowest BCUT2D eigenvalue weighted by Crippen LogP contribution is -2.12. The number of anilines is 1. The Hall–Kier alpha value is -1.95. The molecule has 0 unspecified atom stereocenters. The van der Waals surface area contributed by atoms with Crippen LogP contribution in [0.4, 0.5) is 5.69 Å². The number of hydrogen-bond acceptors (Lipinski definition) is 4. The molecular weight excluding hydrogens is 310 g/mol. The van der Waals surface area contributed by atoms with Gasteiger partial charge in [0, 0.05) is 12.3 Å². The van der Waals surface area contributed by atoms with E-state index in [1.54, 1.807) is 30.5 Å². The average molecular weight is 322 g/mol. The first kappa shape index (κ1) is 13.5. The highest BCUT2D eigenvalue weighted by Gasteiger charge is 2.06. The molecule has 1 N–H and O–H groups in total. The van der Waals surface area contributed by atoms with Gasteiger partial charge in [-0.15, -0.1) is 0 Å². The van der Waals surface area contributed by atoms with Gasteiger partial charge in [0.15, 0.2) is 0 Å². The molecule has 19 heavy (non-hydrogen) atoms. The van der Waals surface area contributed by atoms with Gasteiger partial charge in [0.05, 0.1) is 24.1 Å². The molecule has 0 saturated heterocycles. The molecule has 2 heterocycles. The fourth-order valence-electron chi connectivity index (χ4n) is 1.40. The van der Waals surface area contributed by atoms with Gasteiger partial charge in [-0.25, -0.2) is 9.97 Å². The van der Waals surface area contributed by atoms with Crippen molar-refractivity contribution in [2.24, 2.45) is 0 Å². The number of aromatic nitrogens is 2. The third-order valence-corrected chi connectivity index (χ3v) is 2.75. The van der Waals surface area contributed by atoms with Crippen LogP contribution in [0.15, 0.2) is 41.3 Å². The number of halogens is 1. The molecule has 0 atom stereocenters. The monoisotopic (exact) mass is 321 g/mol. The van der Waals surface area contributed by atoms with Crippen LogP contribution in [0.25, 0.3) is 0 Å². The van der Waals surface area contributed by atoms with Gasteiger partial charge in [-0.05, 0) is 41.1 Å². The Bertz CT molecular complexity index is 555. The van der Waals surface area contributed by atoms with Crippen LogP contribution in [-0.4, -0.2) is 22.5 Å². The zero-order valence-electron chi connectivity index (χ0n) is 10.3. The summed E-state index contributed by atoms with van der Waals surface area (Å²) in [7, 11) is 0. The first-order chi connectivity index (χ1) is 9.19. The fraction of sp³-hybridized carbons (Fsp3) is 0.154. The maximum absolute atomic E-state index is 11.9. The van der Waals surface area contributed by atoms with Crippen LogP contribution >= 0.6 is 15.9 Å². The summed E-state index contributed by atoms with van der Waals surface area (Å²) in [6.07, 6.45) is 3.05. The second-order valence-corrected chi connectivity index (χ2v) is 4.45. The lowest BCUT2D eigenvalue weighted by Gasteiger charge is -2.06. The summed E-state index contributed by atoms with van der Waals surface area (Å²) in [6, 6.07) is 6.85. The second kappa shape index (κ2) is 6.29. The third kappa shape index (κ3) is 3.75. The van der Waals surface area contributed by atoms with E-state index in [2.05, 4.69) is 31.2 Å². The average Bonchev–Trinajstić information content (AvgIpc) is 2.42. The number of rotatable bonds is 4. The zero-order valence-corrected chi connectivity index (χ0v) is 11.8. The Labute approximate surface area is 119 Å². The van der Waals surface area contributed by atoms with Crippen molar-refractivity contribution in [2.75, 3.05) is 11.9 Å². The Morgan fingerprint density at radius 3 is 2.68 bits per heavy atom. The highest BCUT2D eigenvalue weighted by Crippen LogP contribution is 2.13. The first-order valence-corrected chi connectivity index (χ1v) is 6.50. The Balaban J connectivity index is 2.04. The molecule has 0 fully saturated rings. The van der Waals surface area contributed by atoms with E-state index in [-0.39, 0.29) is 5.91 Å². The number of hydrogen-bond donors (Lipinski definition) is 1. The van der Waals surface area contributed by atoms with Crippen LogP contribution in [0.3, 0.4) is 0 Å². The number of amides is 1. The third-order valence-electron chi connectivity index (χ3n) is 2.28. The Kier molecular flexibility index (Phi) is 4.46. The van der Waals surface area contributed by atoms with Gasteiger partial charge < -0.3 is 10.1 Å². The minimum absolute atomic E-state index is 0.231. The van der Waals surface area contributed by atoms with E-state index in [4.69, 9.17) is 4.74 Å². The molecule has 0 aliphatic heterocycles. The number of carbonyl (C=O) groups is 1. The van der Waals surface area contributed by atoms with Crippen LogP contribution in [-0.2, 0) is 0 Å². The van der Waals surface area contributed by atoms with Crippen LogP contribution in [0.5, 0.6) is 5.88 Å². The van der Waals surface area contributed by atoms with Crippen LogP contribution < -0.4 is 10.1 Å². The highest BCUT2D eigenvalue weighted by atomic mass is 79.9. The largest absolute Gasteiger partial charge is 0.478 e. The van der Waals surface area contributed by atoms with E-state index in [1.807, 2.05) is 6.92 Å². The molecule has 0 radical (unpaired) electrons. The zero-order chi connectivity index (χ0) is 13.7. The quantitative estimate of drug-likeness (QED) is 0.879. The molecule has 0 aromatic carbocycles. The van der Waals surface area contributed by atoms with E-state index >= 15 is 0 Å². The first-order valence-electron chi connectivity index (χ1n) is 5.71. The normalized spacial score (nSPS) is 10.0. The second-order valence-electron chi connectivity index (χ2n) is 3.64. The maximum Gasteiger partial charge on any atom is 0.257 e. The standard InChI is InChI=1S/C13H12BrN3O2/c1-2-19-12-6-4-10(8-16-12)17-13(18)9-3-5-11(14)15-7-9/h3-8H,2H2,1H3,(H,17,18). The van der Waals surface area contributed by atoms with Crippen molar-refractivity contribution in [1.29, 1.82) is 0 Å². The van der Waals surface area contributed by atoms with E-state index < -0.39 is 0 Å². The van der Waals surface area contributed by atoms with E-state index in [0.717, 1.165) is 0 Å². The van der Waals surface area contributed by atoms with Gasteiger partial charge in [0.1, 0.15) is 4.60 Å². The van der Waals surface area contributed by atoms with Crippen molar-refractivity contribution in [1.82, 2.24) is 9.97 Å². The van der Waals surface area contributed by atoms with Crippen molar-refractivity contribution in [2.45, 2.75) is 6.92 Å². The Morgan fingerprint density at radius 1 is 1.26 bits per heavy atom. The summed E-state index contributed by atoms with van der Waals surface area (Å²) in [4.78, 5) is 20.0. The SMILES string of the molecule is CCOc1ccc(NC(=O)c2ccc(Br)nc2)cn1. The lowest BCUT2D eigenvalue weighted by atomic mass is 10.2. The minimum Gasteiger partial charge on any atom is -0.478 e. The van der Waals surface area contributed by atoms with Crippen LogP contribution in [0.2, 0.25) is 0 Å². The summed E-state index contributed by atoms with van der Waals surface area (Å²) in [6.45, 7) is 2.45. The van der Waals surface area contributed by atoms with Crippen LogP contribution in [0.1, 0.15) is 17.3 Å². The van der Waals surface area contributed by atoms with Crippen molar-refractivity contribution in [3.8, 4) is 5.88 Å². The predicted octanol–water partition coefficient (Wildman–Crippen LogP) is 2.89. The molecular formula is C13H12BrN3O2. The molecule has 5 nitrogen and oxygen atoms in total. The van der Waals surface area contributed by atoms with Crippen molar-refractivity contribution >= 4 is 27.5 Å². The smallest absolute Gasteiger partial charge is 0.257 e. The number of carbonyl (C=O) groups excluding carboxylic acids is 1. The van der Waals surface area contributed by atoms with Gasteiger partial charge in [0.2, 0.25) is 5.88 Å². The number of nitrogens with zero attached hydrogens (tertiary/aromatic N) is 2. The van der Waals surface area contributed by atoms with E-state index in [0.29, 0.717) is 28.3 Å². The van der Waals surface area contributed by atoms with Gasteiger partial charge >= 0.3 is 0 Å². The fourth-order valence-corrected chi connectivity index (χ4v) is 1.64. The molecule has 2 aromatic heterocycles. The van der Waals surface area contributed by atoms with Crippen molar-refractivity contribution in [3.63, 3.8) is 0 Å². The molecule has 2 rings (SSSR count). The summed E-state index contributed by atoms with van der Waals surface area (Å²) in [5, 5.41) is 2.73.